The minimum atomic E-state index is 0.190. The third kappa shape index (κ3) is 3.88. The Balaban J connectivity index is 1.95. The highest BCUT2D eigenvalue weighted by atomic mass is 16.3. The molecule has 1 aromatic carbocycles. The van der Waals surface area contributed by atoms with Crippen molar-refractivity contribution in [3.05, 3.63) is 53.5 Å². The van der Waals surface area contributed by atoms with E-state index in [4.69, 9.17) is 4.42 Å². The first-order valence-corrected chi connectivity index (χ1v) is 7.11. The number of benzene rings is 1. The predicted octanol–water partition coefficient (Wildman–Crippen LogP) is 5.10. The molecule has 1 unspecified atom stereocenters. The molecule has 0 radical (unpaired) electrons. The summed E-state index contributed by atoms with van der Waals surface area (Å²) in [6, 6.07) is 12.9. The average molecular weight is 257 g/mol. The lowest BCUT2D eigenvalue weighted by Crippen LogP contribution is -2.05. The molecule has 0 aliphatic heterocycles. The van der Waals surface area contributed by atoms with Crippen LogP contribution < -0.4 is 5.32 Å². The van der Waals surface area contributed by atoms with Crippen LogP contribution >= 0.6 is 0 Å². The Kier molecular flexibility index (Phi) is 4.67. The van der Waals surface area contributed by atoms with Crippen molar-refractivity contribution in [3.8, 4) is 0 Å². The van der Waals surface area contributed by atoms with Crippen molar-refractivity contribution < 1.29 is 4.42 Å². The van der Waals surface area contributed by atoms with Crippen molar-refractivity contribution in [2.24, 2.45) is 0 Å². The lowest BCUT2D eigenvalue weighted by atomic mass is 10.1. The first-order chi connectivity index (χ1) is 9.19. The lowest BCUT2D eigenvalue weighted by molar-refractivity contribution is 0.467. The summed E-state index contributed by atoms with van der Waals surface area (Å²) in [5.41, 5.74) is 2.55. The molecular weight excluding hydrogens is 234 g/mol. The number of anilines is 1. The fourth-order valence-electron chi connectivity index (χ4n) is 2.16. The summed E-state index contributed by atoms with van der Waals surface area (Å²) in [7, 11) is 0. The minimum absolute atomic E-state index is 0.190. The number of hydrogen-bond acceptors (Lipinski definition) is 2. The maximum Gasteiger partial charge on any atom is 0.126 e. The molecule has 2 rings (SSSR count). The van der Waals surface area contributed by atoms with Gasteiger partial charge in [-0.2, -0.15) is 0 Å². The summed E-state index contributed by atoms with van der Waals surface area (Å²) in [6.07, 6.45) is 3.67. The third-order valence-electron chi connectivity index (χ3n) is 3.34. The van der Waals surface area contributed by atoms with Crippen molar-refractivity contribution in [3.63, 3.8) is 0 Å². The van der Waals surface area contributed by atoms with Gasteiger partial charge in [0, 0.05) is 5.69 Å². The van der Waals surface area contributed by atoms with E-state index in [1.807, 2.05) is 19.1 Å². The Bertz CT molecular complexity index is 498. The van der Waals surface area contributed by atoms with Gasteiger partial charge >= 0.3 is 0 Å². The molecule has 102 valence electrons. The van der Waals surface area contributed by atoms with Crippen LogP contribution in [0.25, 0.3) is 0 Å². The maximum absolute atomic E-state index is 5.63. The molecule has 19 heavy (non-hydrogen) atoms. The predicted molar refractivity (Wildman–Crippen MR) is 80.5 cm³/mol. The van der Waals surface area contributed by atoms with Crippen LogP contribution in [0.15, 0.2) is 40.8 Å². The van der Waals surface area contributed by atoms with Gasteiger partial charge in [0.1, 0.15) is 11.5 Å². The van der Waals surface area contributed by atoms with Crippen LogP contribution in [0, 0.1) is 6.92 Å². The first-order valence-electron chi connectivity index (χ1n) is 7.11. The van der Waals surface area contributed by atoms with Crippen molar-refractivity contribution in [1.82, 2.24) is 0 Å². The second-order valence-corrected chi connectivity index (χ2v) is 5.11. The number of furan rings is 1. The smallest absolute Gasteiger partial charge is 0.126 e. The van der Waals surface area contributed by atoms with Gasteiger partial charge in [-0.25, -0.2) is 0 Å². The van der Waals surface area contributed by atoms with Gasteiger partial charge in [0.25, 0.3) is 0 Å². The molecule has 1 N–H and O–H groups in total. The molecule has 0 bridgehead atoms. The SMILES string of the molecule is CCCCc1ccc(NC(C)c2ccc(C)o2)cc1. The molecule has 0 saturated carbocycles. The van der Waals surface area contributed by atoms with E-state index in [0.29, 0.717) is 0 Å². The van der Waals surface area contributed by atoms with E-state index in [-0.39, 0.29) is 6.04 Å². The van der Waals surface area contributed by atoms with Crippen LogP contribution in [0.2, 0.25) is 0 Å². The quantitative estimate of drug-likeness (QED) is 0.778. The zero-order chi connectivity index (χ0) is 13.7. The van der Waals surface area contributed by atoms with Crippen LogP contribution in [0.1, 0.15) is 49.8 Å². The molecular formula is C17H23NO. The average Bonchev–Trinajstić information content (AvgIpc) is 2.85. The van der Waals surface area contributed by atoms with Crippen molar-refractivity contribution in [1.29, 1.82) is 0 Å². The van der Waals surface area contributed by atoms with Crippen molar-refractivity contribution in [2.45, 2.75) is 46.1 Å². The minimum Gasteiger partial charge on any atom is -0.464 e. The van der Waals surface area contributed by atoms with Crippen molar-refractivity contribution >= 4 is 5.69 Å². The molecule has 1 atom stereocenters. The van der Waals surface area contributed by atoms with Gasteiger partial charge in [-0.3, -0.25) is 0 Å². The molecule has 1 heterocycles. The fourth-order valence-corrected chi connectivity index (χ4v) is 2.16. The Labute approximate surface area is 115 Å². The molecule has 2 nitrogen and oxygen atoms in total. The van der Waals surface area contributed by atoms with Gasteiger partial charge in [-0.1, -0.05) is 25.5 Å². The van der Waals surface area contributed by atoms with E-state index in [1.54, 1.807) is 0 Å². The lowest BCUT2D eigenvalue weighted by Gasteiger charge is -2.13. The third-order valence-corrected chi connectivity index (χ3v) is 3.34. The summed E-state index contributed by atoms with van der Waals surface area (Å²) in [6.45, 7) is 6.31. The number of aryl methyl sites for hydroxylation is 2. The number of rotatable bonds is 6. The first kappa shape index (κ1) is 13.7. The highest BCUT2D eigenvalue weighted by Gasteiger charge is 2.08. The van der Waals surface area contributed by atoms with Gasteiger partial charge in [-0.15, -0.1) is 0 Å². The second-order valence-electron chi connectivity index (χ2n) is 5.11. The summed E-state index contributed by atoms with van der Waals surface area (Å²) in [4.78, 5) is 0. The standard InChI is InChI=1S/C17H23NO/c1-4-5-6-15-8-10-16(11-9-15)18-14(3)17-12-7-13(2)19-17/h7-12,14,18H,4-6H2,1-3H3. The Morgan fingerprint density at radius 2 is 1.84 bits per heavy atom. The molecule has 0 amide bonds. The molecule has 0 aliphatic carbocycles. The normalized spacial score (nSPS) is 12.4. The van der Waals surface area contributed by atoms with Crippen LogP contribution in [-0.2, 0) is 6.42 Å². The molecule has 2 aromatic rings. The summed E-state index contributed by atoms with van der Waals surface area (Å²) >= 11 is 0. The number of nitrogens with one attached hydrogen (secondary N) is 1. The van der Waals surface area contributed by atoms with Gasteiger partial charge in [0.05, 0.1) is 6.04 Å². The van der Waals surface area contributed by atoms with E-state index in [2.05, 4.69) is 43.4 Å². The molecule has 0 saturated heterocycles. The summed E-state index contributed by atoms with van der Waals surface area (Å²) in [5.74, 6) is 1.94. The van der Waals surface area contributed by atoms with Gasteiger partial charge < -0.3 is 9.73 Å². The van der Waals surface area contributed by atoms with Crippen LogP contribution in [-0.4, -0.2) is 0 Å². The number of unbranched alkanes of at least 4 members (excludes halogenated alkanes) is 1. The molecule has 1 aromatic heterocycles. The molecule has 0 fully saturated rings. The van der Waals surface area contributed by atoms with E-state index >= 15 is 0 Å². The topological polar surface area (TPSA) is 25.2 Å². The Morgan fingerprint density at radius 1 is 1.11 bits per heavy atom. The van der Waals surface area contributed by atoms with E-state index in [9.17, 15) is 0 Å². The summed E-state index contributed by atoms with van der Waals surface area (Å²) in [5, 5.41) is 3.46. The molecule has 2 heteroatoms. The van der Waals surface area contributed by atoms with Gasteiger partial charge in [-0.05, 0) is 56.5 Å². The zero-order valence-electron chi connectivity index (χ0n) is 12.1. The Morgan fingerprint density at radius 3 is 2.42 bits per heavy atom. The Hall–Kier alpha value is -1.70. The van der Waals surface area contributed by atoms with Crippen LogP contribution in [0.3, 0.4) is 0 Å². The van der Waals surface area contributed by atoms with Crippen LogP contribution in [0.5, 0.6) is 0 Å². The van der Waals surface area contributed by atoms with Crippen LogP contribution in [0.4, 0.5) is 5.69 Å². The zero-order valence-corrected chi connectivity index (χ0v) is 12.1. The van der Waals surface area contributed by atoms with Gasteiger partial charge in [0.2, 0.25) is 0 Å². The fraction of sp³-hybridized carbons (Fsp3) is 0.412. The highest BCUT2D eigenvalue weighted by molar-refractivity contribution is 5.46. The highest BCUT2D eigenvalue weighted by Crippen LogP contribution is 2.21. The van der Waals surface area contributed by atoms with E-state index in [0.717, 1.165) is 17.2 Å². The summed E-state index contributed by atoms with van der Waals surface area (Å²) < 4.78 is 5.63. The number of hydrogen-bond donors (Lipinski definition) is 1. The molecule has 0 aliphatic rings. The van der Waals surface area contributed by atoms with E-state index < -0.39 is 0 Å². The van der Waals surface area contributed by atoms with Crippen molar-refractivity contribution in [2.75, 3.05) is 5.32 Å². The van der Waals surface area contributed by atoms with E-state index in [1.165, 1.54) is 24.8 Å². The van der Waals surface area contributed by atoms with Gasteiger partial charge in [0.15, 0.2) is 0 Å². The maximum atomic E-state index is 5.63. The largest absolute Gasteiger partial charge is 0.464 e. The monoisotopic (exact) mass is 257 g/mol. The molecule has 0 spiro atoms. The second kappa shape index (κ2) is 6.46.